The number of nitrogens with zero attached hydrogens (tertiary/aromatic N) is 1. The van der Waals surface area contributed by atoms with Gasteiger partial charge in [0.2, 0.25) is 0 Å². The van der Waals surface area contributed by atoms with Crippen molar-refractivity contribution in [1.29, 1.82) is 0 Å². The Kier molecular flexibility index (Phi) is 6.87. The summed E-state index contributed by atoms with van der Waals surface area (Å²) in [5.74, 6) is 4.25. The molecule has 4 nitrogen and oxygen atoms in total. The second kappa shape index (κ2) is 8.44. The van der Waals surface area contributed by atoms with Crippen LogP contribution in [0.3, 0.4) is 0 Å². The minimum Gasteiger partial charge on any atom is -0.444 e. The zero-order valence-corrected chi connectivity index (χ0v) is 15.2. The molecule has 2 rings (SSSR count). The van der Waals surface area contributed by atoms with Crippen LogP contribution in [0.1, 0.15) is 46.5 Å². The number of rotatable bonds is 4. The van der Waals surface area contributed by atoms with Crippen molar-refractivity contribution in [2.24, 2.45) is 11.8 Å². The molecule has 0 spiro atoms. The molecular weight excluding hydrogens is 296 g/mol. The Labute approximate surface area is 139 Å². The summed E-state index contributed by atoms with van der Waals surface area (Å²) in [7, 11) is 0. The topological polar surface area (TPSA) is 41.6 Å². The van der Waals surface area contributed by atoms with E-state index in [1.54, 1.807) is 0 Å². The van der Waals surface area contributed by atoms with E-state index in [-0.39, 0.29) is 6.09 Å². The van der Waals surface area contributed by atoms with Crippen LogP contribution in [0.15, 0.2) is 0 Å². The Bertz CT molecular complexity index is 343. The largest absolute Gasteiger partial charge is 0.444 e. The third kappa shape index (κ3) is 6.37. The molecule has 1 amide bonds. The molecule has 2 saturated heterocycles. The first-order chi connectivity index (χ1) is 10.4. The molecule has 0 atom stereocenters. The van der Waals surface area contributed by atoms with E-state index in [0.717, 1.165) is 38.4 Å². The minimum atomic E-state index is -0.395. The molecule has 0 bridgehead atoms. The molecule has 0 aromatic rings. The lowest BCUT2D eigenvalue weighted by Gasteiger charge is -2.33. The maximum absolute atomic E-state index is 12.0. The van der Waals surface area contributed by atoms with Crippen LogP contribution >= 0.6 is 11.8 Å². The molecule has 0 unspecified atom stereocenters. The maximum Gasteiger partial charge on any atom is 0.410 e. The summed E-state index contributed by atoms with van der Waals surface area (Å²) >= 11 is 2.09. The van der Waals surface area contributed by atoms with Gasteiger partial charge in [-0.05, 0) is 82.9 Å². The van der Waals surface area contributed by atoms with Gasteiger partial charge in [-0.25, -0.2) is 4.79 Å². The van der Waals surface area contributed by atoms with Crippen LogP contribution in [0.2, 0.25) is 0 Å². The van der Waals surface area contributed by atoms with Gasteiger partial charge in [0.05, 0.1) is 0 Å². The van der Waals surface area contributed by atoms with Crippen LogP contribution < -0.4 is 5.32 Å². The zero-order chi connectivity index (χ0) is 16.0. The first-order valence-electron chi connectivity index (χ1n) is 8.70. The van der Waals surface area contributed by atoms with Crippen molar-refractivity contribution in [3.63, 3.8) is 0 Å². The lowest BCUT2D eigenvalue weighted by molar-refractivity contribution is 0.0184. The number of carbonyl (C=O) groups is 1. The van der Waals surface area contributed by atoms with Crippen LogP contribution in [-0.4, -0.2) is 54.3 Å². The van der Waals surface area contributed by atoms with Gasteiger partial charge in [-0.1, -0.05) is 0 Å². The predicted octanol–water partition coefficient (Wildman–Crippen LogP) is 3.37. The number of piperidine rings is 1. The average molecular weight is 329 g/mol. The van der Waals surface area contributed by atoms with Gasteiger partial charge in [-0.2, -0.15) is 11.8 Å². The van der Waals surface area contributed by atoms with Gasteiger partial charge in [0.25, 0.3) is 0 Å². The molecule has 2 aliphatic heterocycles. The fourth-order valence-electron chi connectivity index (χ4n) is 3.09. The summed E-state index contributed by atoms with van der Waals surface area (Å²) in [6.45, 7) is 9.71. The van der Waals surface area contributed by atoms with Crippen LogP contribution in [0.25, 0.3) is 0 Å². The molecule has 0 aromatic carbocycles. The van der Waals surface area contributed by atoms with Crippen molar-refractivity contribution < 1.29 is 9.53 Å². The van der Waals surface area contributed by atoms with Crippen LogP contribution in [0.4, 0.5) is 4.79 Å². The SMILES string of the molecule is CC(C)(C)OC(=O)N1CCC(CNCC2CCSCC2)CC1. The number of likely N-dealkylation sites (tertiary alicyclic amines) is 1. The van der Waals surface area contributed by atoms with Gasteiger partial charge in [0, 0.05) is 13.1 Å². The highest BCUT2D eigenvalue weighted by atomic mass is 32.2. The first kappa shape index (κ1) is 17.9. The van der Waals surface area contributed by atoms with E-state index in [1.807, 2.05) is 25.7 Å². The average Bonchev–Trinajstić information content (AvgIpc) is 2.47. The molecule has 0 radical (unpaired) electrons. The molecule has 0 aromatic heterocycles. The Morgan fingerprint density at radius 1 is 1.09 bits per heavy atom. The maximum atomic E-state index is 12.0. The Hall–Kier alpha value is -0.420. The first-order valence-corrected chi connectivity index (χ1v) is 9.86. The normalized spacial score (nSPS) is 21.9. The van der Waals surface area contributed by atoms with Gasteiger partial charge in [0.15, 0.2) is 0 Å². The Morgan fingerprint density at radius 2 is 1.64 bits per heavy atom. The van der Waals surface area contributed by atoms with Gasteiger partial charge >= 0.3 is 6.09 Å². The quantitative estimate of drug-likeness (QED) is 0.859. The monoisotopic (exact) mass is 328 g/mol. The smallest absolute Gasteiger partial charge is 0.410 e. The Balaban J connectivity index is 1.59. The van der Waals surface area contributed by atoms with E-state index in [4.69, 9.17) is 4.74 Å². The second-order valence-corrected chi connectivity index (χ2v) is 8.85. The summed E-state index contributed by atoms with van der Waals surface area (Å²) in [6.07, 6.45) is 4.77. The third-order valence-electron chi connectivity index (χ3n) is 4.47. The highest BCUT2D eigenvalue weighted by molar-refractivity contribution is 7.99. The van der Waals surface area contributed by atoms with Crippen LogP contribution in [0, 0.1) is 11.8 Å². The number of nitrogens with one attached hydrogen (secondary N) is 1. The molecule has 2 heterocycles. The van der Waals surface area contributed by atoms with E-state index in [2.05, 4.69) is 17.1 Å². The van der Waals surface area contributed by atoms with E-state index in [0.29, 0.717) is 5.92 Å². The number of ether oxygens (including phenoxy) is 1. The summed E-state index contributed by atoms with van der Waals surface area (Å²) in [4.78, 5) is 13.9. The summed E-state index contributed by atoms with van der Waals surface area (Å²) in [5, 5.41) is 3.66. The summed E-state index contributed by atoms with van der Waals surface area (Å²) < 4.78 is 5.44. The van der Waals surface area contributed by atoms with E-state index in [1.165, 1.54) is 30.9 Å². The highest BCUT2D eigenvalue weighted by Gasteiger charge is 2.26. The summed E-state index contributed by atoms with van der Waals surface area (Å²) in [5.41, 5.74) is -0.395. The van der Waals surface area contributed by atoms with Crippen LogP contribution in [-0.2, 0) is 4.74 Å². The highest BCUT2D eigenvalue weighted by Crippen LogP contribution is 2.23. The molecule has 2 aliphatic rings. The molecule has 2 fully saturated rings. The van der Waals surface area contributed by atoms with E-state index >= 15 is 0 Å². The predicted molar refractivity (Wildman–Crippen MR) is 93.4 cm³/mol. The molecule has 0 aliphatic carbocycles. The molecular formula is C17H32N2O2S. The van der Waals surface area contributed by atoms with Gasteiger partial charge in [-0.15, -0.1) is 0 Å². The molecule has 22 heavy (non-hydrogen) atoms. The number of carbonyl (C=O) groups excluding carboxylic acids is 1. The standard InChI is InChI=1S/C17H32N2O2S/c1-17(2,3)21-16(20)19-8-4-14(5-9-19)12-18-13-15-6-10-22-11-7-15/h14-15,18H,4-13H2,1-3H3. The minimum absolute atomic E-state index is 0.154. The van der Waals surface area contributed by atoms with E-state index in [9.17, 15) is 4.79 Å². The van der Waals surface area contributed by atoms with Gasteiger partial charge in [0.1, 0.15) is 5.60 Å². The lowest BCUT2D eigenvalue weighted by Crippen LogP contribution is -2.43. The molecule has 5 heteroatoms. The number of hydrogen-bond donors (Lipinski definition) is 1. The number of thioether (sulfide) groups is 1. The second-order valence-electron chi connectivity index (χ2n) is 7.62. The third-order valence-corrected chi connectivity index (χ3v) is 5.52. The van der Waals surface area contributed by atoms with Crippen molar-refractivity contribution in [2.45, 2.75) is 52.1 Å². The molecule has 1 N–H and O–H groups in total. The number of amides is 1. The van der Waals surface area contributed by atoms with Crippen molar-refractivity contribution >= 4 is 17.9 Å². The summed E-state index contributed by atoms with van der Waals surface area (Å²) in [6, 6.07) is 0. The van der Waals surface area contributed by atoms with Crippen molar-refractivity contribution in [3.05, 3.63) is 0 Å². The molecule has 128 valence electrons. The lowest BCUT2D eigenvalue weighted by atomic mass is 9.96. The zero-order valence-electron chi connectivity index (χ0n) is 14.4. The van der Waals surface area contributed by atoms with Gasteiger partial charge in [-0.3, -0.25) is 0 Å². The fraction of sp³-hybridized carbons (Fsp3) is 0.941. The van der Waals surface area contributed by atoms with Crippen molar-refractivity contribution in [2.75, 3.05) is 37.7 Å². The van der Waals surface area contributed by atoms with Crippen molar-refractivity contribution in [1.82, 2.24) is 10.2 Å². The van der Waals surface area contributed by atoms with E-state index < -0.39 is 5.60 Å². The fourth-order valence-corrected chi connectivity index (χ4v) is 4.29. The van der Waals surface area contributed by atoms with Crippen molar-refractivity contribution in [3.8, 4) is 0 Å². The molecule has 0 saturated carbocycles. The van der Waals surface area contributed by atoms with Gasteiger partial charge < -0.3 is 15.0 Å². The number of hydrogen-bond acceptors (Lipinski definition) is 4. The van der Waals surface area contributed by atoms with Crippen LogP contribution in [0.5, 0.6) is 0 Å². The Morgan fingerprint density at radius 3 is 2.18 bits per heavy atom.